The molecule has 22 heavy (non-hydrogen) atoms. The summed E-state index contributed by atoms with van der Waals surface area (Å²) in [6.07, 6.45) is 0. The van der Waals surface area contributed by atoms with Gasteiger partial charge in [-0.05, 0) is 56.7 Å². The molecule has 116 valence electrons. The highest BCUT2D eigenvalue weighted by Gasteiger charge is 2.12. The molecular formula is C18H21FN2O. The van der Waals surface area contributed by atoms with Crippen LogP contribution in [0, 0.1) is 12.7 Å². The Balaban J connectivity index is 2.20. The second-order valence-electron chi connectivity index (χ2n) is 5.11. The average Bonchev–Trinajstić information content (AvgIpc) is 2.51. The van der Waals surface area contributed by atoms with Gasteiger partial charge in [-0.1, -0.05) is 12.1 Å². The Kier molecular flexibility index (Phi) is 5.15. The summed E-state index contributed by atoms with van der Waals surface area (Å²) in [5.74, 6) is -0.950. The Morgan fingerprint density at radius 3 is 2.41 bits per heavy atom. The van der Waals surface area contributed by atoms with Gasteiger partial charge < -0.3 is 10.2 Å². The van der Waals surface area contributed by atoms with E-state index in [0.29, 0.717) is 5.69 Å². The molecule has 1 amide bonds. The number of amides is 1. The minimum atomic E-state index is -0.516. The van der Waals surface area contributed by atoms with Crippen LogP contribution in [-0.2, 0) is 0 Å². The summed E-state index contributed by atoms with van der Waals surface area (Å²) in [7, 11) is 0. The first-order valence-electron chi connectivity index (χ1n) is 7.48. The van der Waals surface area contributed by atoms with Crippen LogP contribution in [0.4, 0.5) is 15.8 Å². The lowest BCUT2D eigenvalue weighted by Crippen LogP contribution is -2.22. The van der Waals surface area contributed by atoms with Crippen molar-refractivity contribution in [3.05, 3.63) is 59.4 Å². The normalized spacial score (nSPS) is 10.4. The Morgan fingerprint density at radius 2 is 1.82 bits per heavy atom. The van der Waals surface area contributed by atoms with Gasteiger partial charge in [0.1, 0.15) is 5.82 Å². The molecule has 0 spiro atoms. The fraction of sp³-hybridized carbons (Fsp3) is 0.278. The van der Waals surface area contributed by atoms with E-state index in [2.05, 4.69) is 24.1 Å². The van der Waals surface area contributed by atoms with Crippen molar-refractivity contribution in [1.29, 1.82) is 0 Å². The van der Waals surface area contributed by atoms with Crippen molar-refractivity contribution in [1.82, 2.24) is 0 Å². The van der Waals surface area contributed by atoms with E-state index in [-0.39, 0.29) is 5.56 Å². The molecular weight excluding hydrogens is 279 g/mol. The summed E-state index contributed by atoms with van der Waals surface area (Å²) in [6, 6.07) is 11.8. The van der Waals surface area contributed by atoms with Crippen LogP contribution in [-0.4, -0.2) is 19.0 Å². The summed E-state index contributed by atoms with van der Waals surface area (Å²) in [4.78, 5) is 14.4. The summed E-state index contributed by atoms with van der Waals surface area (Å²) in [5.41, 5.74) is 2.82. The molecule has 3 nitrogen and oxygen atoms in total. The minimum Gasteiger partial charge on any atom is -0.372 e. The van der Waals surface area contributed by atoms with Crippen LogP contribution in [0.3, 0.4) is 0 Å². The van der Waals surface area contributed by atoms with Gasteiger partial charge in [0.25, 0.3) is 5.91 Å². The Bertz CT molecular complexity index is 666. The van der Waals surface area contributed by atoms with Crippen LogP contribution in [0.5, 0.6) is 0 Å². The summed E-state index contributed by atoms with van der Waals surface area (Å²) >= 11 is 0. The predicted octanol–water partition coefficient (Wildman–Crippen LogP) is 4.23. The maximum absolute atomic E-state index is 13.6. The summed E-state index contributed by atoms with van der Waals surface area (Å²) in [5, 5.41) is 2.77. The minimum absolute atomic E-state index is 0.0507. The van der Waals surface area contributed by atoms with E-state index >= 15 is 0 Å². The zero-order chi connectivity index (χ0) is 16.1. The van der Waals surface area contributed by atoms with E-state index in [1.165, 1.54) is 12.1 Å². The SMILES string of the molecule is CCN(CC)c1ccc(NC(=O)c2ccccc2F)c(C)c1. The van der Waals surface area contributed by atoms with Gasteiger partial charge in [-0.15, -0.1) is 0 Å². The highest BCUT2D eigenvalue weighted by molar-refractivity contribution is 6.04. The van der Waals surface area contributed by atoms with Crippen LogP contribution in [0.1, 0.15) is 29.8 Å². The van der Waals surface area contributed by atoms with Crippen LogP contribution >= 0.6 is 0 Å². The second-order valence-corrected chi connectivity index (χ2v) is 5.11. The second kappa shape index (κ2) is 7.07. The van der Waals surface area contributed by atoms with E-state index in [9.17, 15) is 9.18 Å². The maximum atomic E-state index is 13.6. The molecule has 0 unspecified atom stereocenters. The molecule has 0 aliphatic heterocycles. The van der Waals surface area contributed by atoms with Gasteiger partial charge in [-0.25, -0.2) is 4.39 Å². The Hall–Kier alpha value is -2.36. The number of rotatable bonds is 5. The topological polar surface area (TPSA) is 32.3 Å². The number of carbonyl (C=O) groups excluding carboxylic acids is 1. The van der Waals surface area contributed by atoms with Crippen molar-refractivity contribution in [3.63, 3.8) is 0 Å². The van der Waals surface area contributed by atoms with Gasteiger partial charge >= 0.3 is 0 Å². The first-order valence-corrected chi connectivity index (χ1v) is 7.48. The van der Waals surface area contributed by atoms with Crippen LogP contribution in [0.15, 0.2) is 42.5 Å². The molecule has 0 aromatic heterocycles. The fourth-order valence-electron chi connectivity index (χ4n) is 2.41. The van der Waals surface area contributed by atoms with Crippen LogP contribution in [0.25, 0.3) is 0 Å². The maximum Gasteiger partial charge on any atom is 0.258 e. The molecule has 1 N–H and O–H groups in total. The number of carbonyl (C=O) groups is 1. The van der Waals surface area contributed by atoms with Crippen molar-refractivity contribution in [3.8, 4) is 0 Å². The van der Waals surface area contributed by atoms with Crippen molar-refractivity contribution in [2.24, 2.45) is 0 Å². The lowest BCUT2D eigenvalue weighted by Gasteiger charge is -2.22. The lowest BCUT2D eigenvalue weighted by molar-refractivity contribution is 0.102. The fourth-order valence-corrected chi connectivity index (χ4v) is 2.41. The number of aryl methyl sites for hydroxylation is 1. The third-order valence-electron chi connectivity index (χ3n) is 3.71. The zero-order valence-electron chi connectivity index (χ0n) is 13.2. The van der Waals surface area contributed by atoms with Crippen LogP contribution < -0.4 is 10.2 Å². The number of hydrogen-bond acceptors (Lipinski definition) is 2. The molecule has 0 saturated carbocycles. The molecule has 0 fully saturated rings. The van der Waals surface area contributed by atoms with Gasteiger partial charge in [0.05, 0.1) is 5.56 Å². The average molecular weight is 300 g/mol. The van der Waals surface area contributed by atoms with Gasteiger partial charge in [0.2, 0.25) is 0 Å². The highest BCUT2D eigenvalue weighted by Crippen LogP contribution is 2.23. The van der Waals surface area contributed by atoms with Crippen molar-refractivity contribution in [2.75, 3.05) is 23.3 Å². The summed E-state index contributed by atoms with van der Waals surface area (Å²) < 4.78 is 13.6. The molecule has 2 rings (SSSR count). The molecule has 2 aromatic carbocycles. The Morgan fingerprint density at radius 1 is 1.14 bits per heavy atom. The quantitative estimate of drug-likeness (QED) is 0.896. The molecule has 0 heterocycles. The number of nitrogens with zero attached hydrogens (tertiary/aromatic N) is 1. The molecule has 0 bridgehead atoms. The first-order chi connectivity index (χ1) is 10.6. The largest absolute Gasteiger partial charge is 0.372 e. The van der Waals surface area contributed by atoms with Gasteiger partial charge in [-0.2, -0.15) is 0 Å². The number of nitrogens with one attached hydrogen (secondary N) is 1. The van der Waals surface area contributed by atoms with Gasteiger partial charge in [-0.3, -0.25) is 4.79 Å². The number of anilines is 2. The molecule has 0 aliphatic rings. The third kappa shape index (κ3) is 3.45. The first kappa shape index (κ1) is 16.0. The third-order valence-corrected chi connectivity index (χ3v) is 3.71. The smallest absolute Gasteiger partial charge is 0.258 e. The van der Waals surface area contributed by atoms with Crippen molar-refractivity contribution in [2.45, 2.75) is 20.8 Å². The van der Waals surface area contributed by atoms with E-state index < -0.39 is 11.7 Å². The standard InChI is InChI=1S/C18H21FN2O/c1-4-21(5-2)14-10-11-17(13(3)12-14)20-18(22)15-8-6-7-9-16(15)19/h6-12H,4-5H2,1-3H3,(H,20,22). The molecule has 2 aromatic rings. The summed E-state index contributed by atoms with van der Waals surface area (Å²) in [6.45, 7) is 8.00. The molecule has 0 radical (unpaired) electrons. The van der Waals surface area contributed by atoms with Gasteiger partial charge in [0.15, 0.2) is 0 Å². The van der Waals surface area contributed by atoms with E-state index in [1.54, 1.807) is 12.1 Å². The van der Waals surface area contributed by atoms with Gasteiger partial charge in [0, 0.05) is 24.5 Å². The number of halogens is 1. The van der Waals surface area contributed by atoms with Crippen molar-refractivity contribution < 1.29 is 9.18 Å². The zero-order valence-corrected chi connectivity index (χ0v) is 13.2. The molecule has 0 aliphatic carbocycles. The monoisotopic (exact) mass is 300 g/mol. The Labute approximate surface area is 130 Å². The van der Waals surface area contributed by atoms with E-state index in [0.717, 1.165) is 24.3 Å². The van der Waals surface area contributed by atoms with Crippen LogP contribution in [0.2, 0.25) is 0 Å². The number of benzene rings is 2. The molecule has 0 saturated heterocycles. The lowest BCUT2D eigenvalue weighted by atomic mass is 10.1. The van der Waals surface area contributed by atoms with E-state index in [4.69, 9.17) is 0 Å². The molecule has 4 heteroatoms. The van der Waals surface area contributed by atoms with Crippen molar-refractivity contribution >= 4 is 17.3 Å². The molecule has 0 atom stereocenters. The van der Waals surface area contributed by atoms with E-state index in [1.807, 2.05) is 25.1 Å². The number of hydrogen-bond donors (Lipinski definition) is 1. The highest BCUT2D eigenvalue weighted by atomic mass is 19.1. The predicted molar refractivity (Wildman–Crippen MR) is 89.1 cm³/mol.